The predicted molar refractivity (Wildman–Crippen MR) is 136 cm³/mol. The molecule has 5 unspecified atom stereocenters. The molecule has 0 bridgehead atoms. The van der Waals surface area contributed by atoms with Crippen molar-refractivity contribution in [1.82, 2.24) is 25.5 Å². The Morgan fingerprint density at radius 2 is 2.00 bits per heavy atom. The van der Waals surface area contributed by atoms with E-state index in [9.17, 15) is 24.3 Å². The Labute approximate surface area is 215 Å². The lowest BCUT2D eigenvalue weighted by Gasteiger charge is -2.30. The third-order valence-corrected chi connectivity index (χ3v) is 6.55. The number of amides is 3. The first-order valence-electron chi connectivity index (χ1n) is 12.5. The molecule has 1 aliphatic rings. The predicted octanol–water partition coefficient (Wildman–Crippen LogP) is -1.58. The molecule has 1 saturated heterocycles. The molecule has 1 aromatic heterocycles. The summed E-state index contributed by atoms with van der Waals surface area (Å²) < 4.78 is 0. The first kappa shape index (κ1) is 29.5. The van der Waals surface area contributed by atoms with Crippen LogP contribution in [0.15, 0.2) is 17.5 Å². The summed E-state index contributed by atoms with van der Waals surface area (Å²) in [6.07, 6.45) is 5.17. The fourth-order valence-electron chi connectivity index (χ4n) is 4.13. The molecule has 1 aromatic rings. The molecule has 37 heavy (non-hydrogen) atoms. The molecule has 0 aliphatic carbocycles. The fraction of sp³-hybridized carbons (Fsp3) is 0.652. The average molecular weight is 522 g/mol. The number of hydrogen-bond acceptors (Lipinski definition) is 7. The number of aliphatic carboxylic acids is 1. The van der Waals surface area contributed by atoms with E-state index in [-0.39, 0.29) is 31.3 Å². The summed E-state index contributed by atoms with van der Waals surface area (Å²) in [5.41, 5.74) is 17.3. The molecular weight excluding hydrogens is 482 g/mol. The molecule has 5 atom stereocenters. The van der Waals surface area contributed by atoms with Crippen LogP contribution >= 0.6 is 0 Å². The summed E-state index contributed by atoms with van der Waals surface area (Å²) in [6, 6.07) is -3.80. The standard InChI is InChI=1S/C23H39N9O5/c1-3-13(2)18(24)20(34)30-15(6-4-8-28-23(25)26)21(35)32-9-5-7-17(32)19(33)31-16(22(36)37)10-14-11-27-12-29-14/h11-13,15-18H,3-10,24H2,1-2H3,(H,27,29)(H,30,34)(H,31,33)(H,36,37)(H4,25,26,28). The van der Waals surface area contributed by atoms with Gasteiger partial charge in [0.25, 0.3) is 0 Å². The smallest absolute Gasteiger partial charge is 0.326 e. The second kappa shape index (κ2) is 14.2. The van der Waals surface area contributed by atoms with Crippen molar-refractivity contribution in [1.29, 1.82) is 0 Å². The molecule has 3 amide bonds. The van der Waals surface area contributed by atoms with Crippen LogP contribution in [-0.2, 0) is 25.6 Å². The number of carbonyl (C=O) groups excluding carboxylic acids is 3. The SMILES string of the molecule is CCC(C)C(N)C(=O)NC(CCCN=C(N)N)C(=O)N1CCCC1C(=O)NC(Cc1cnc[nH]1)C(=O)O. The van der Waals surface area contributed by atoms with Crippen molar-refractivity contribution in [2.24, 2.45) is 28.1 Å². The average Bonchev–Trinajstić information content (AvgIpc) is 3.56. The zero-order valence-corrected chi connectivity index (χ0v) is 21.4. The Morgan fingerprint density at radius 3 is 2.59 bits per heavy atom. The minimum absolute atomic E-state index is 0.0126. The van der Waals surface area contributed by atoms with Crippen molar-refractivity contribution in [3.8, 4) is 0 Å². The molecule has 2 rings (SSSR count). The van der Waals surface area contributed by atoms with Gasteiger partial charge in [0.1, 0.15) is 18.1 Å². The highest BCUT2D eigenvalue weighted by molar-refractivity contribution is 5.94. The van der Waals surface area contributed by atoms with Crippen LogP contribution in [0, 0.1) is 5.92 Å². The van der Waals surface area contributed by atoms with Gasteiger partial charge in [-0.05, 0) is 31.6 Å². The zero-order chi connectivity index (χ0) is 27.5. The number of rotatable bonds is 14. The van der Waals surface area contributed by atoms with E-state index in [2.05, 4.69) is 25.6 Å². The van der Waals surface area contributed by atoms with Gasteiger partial charge in [0.2, 0.25) is 17.7 Å². The monoisotopic (exact) mass is 521 g/mol. The Morgan fingerprint density at radius 1 is 1.27 bits per heavy atom. The van der Waals surface area contributed by atoms with Crippen molar-refractivity contribution in [3.63, 3.8) is 0 Å². The van der Waals surface area contributed by atoms with Crippen molar-refractivity contribution in [2.75, 3.05) is 13.1 Å². The third-order valence-electron chi connectivity index (χ3n) is 6.55. The van der Waals surface area contributed by atoms with Gasteiger partial charge >= 0.3 is 5.97 Å². The topological polar surface area (TPSA) is 235 Å². The number of nitrogens with one attached hydrogen (secondary N) is 3. The highest BCUT2D eigenvalue weighted by Gasteiger charge is 2.39. The van der Waals surface area contributed by atoms with Crippen molar-refractivity contribution >= 4 is 29.7 Å². The van der Waals surface area contributed by atoms with E-state index in [0.29, 0.717) is 37.9 Å². The Hall–Kier alpha value is -3.68. The number of hydrogen-bond donors (Lipinski definition) is 7. The van der Waals surface area contributed by atoms with Gasteiger partial charge in [-0.1, -0.05) is 20.3 Å². The molecule has 1 aliphatic heterocycles. The van der Waals surface area contributed by atoms with Crippen molar-refractivity contribution in [3.05, 3.63) is 18.2 Å². The Kier molecular flexibility index (Phi) is 11.3. The summed E-state index contributed by atoms with van der Waals surface area (Å²) in [5, 5.41) is 14.9. The molecule has 14 nitrogen and oxygen atoms in total. The van der Waals surface area contributed by atoms with E-state index in [1.165, 1.54) is 17.4 Å². The normalized spacial score (nSPS) is 18.4. The summed E-state index contributed by atoms with van der Waals surface area (Å²) in [7, 11) is 0. The maximum Gasteiger partial charge on any atom is 0.326 e. The Balaban J connectivity index is 2.14. The summed E-state index contributed by atoms with van der Waals surface area (Å²) in [6.45, 7) is 4.33. The van der Waals surface area contributed by atoms with Gasteiger partial charge in [0, 0.05) is 31.4 Å². The van der Waals surface area contributed by atoms with E-state index in [1.54, 1.807) is 0 Å². The van der Waals surface area contributed by atoms with Gasteiger partial charge in [0.05, 0.1) is 12.4 Å². The number of nitrogens with zero attached hydrogens (tertiary/aromatic N) is 3. The van der Waals surface area contributed by atoms with E-state index >= 15 is 0 Å². The van der Waals surface area contributed by atoms with Gasteiger partial charge in [0.15, 0.2) is 5.96 Å². The van der Waals surface area contributed by atoms with Crippen LogP contribution in [0.2, 0.25) is 0 Å². The van der Waals surface area contributed by atoms with E-state index in [4.69, 9.17) is 17.2 Å². The quantitative estimate of drug-likeness (QED) is 0.0848. The van der Waals surface area contributed by atoms with Gasteiger partial charge in [-0.2, -0.15) is 0 Å². The van der Waals surface area contributed by atoms with Crippen LogP contribution in [-0.4, -0.2) is 86.9 Å². The summed E-state index contributed by atoms with van der Waals surface area (Å²) >= 11 is 0. The number of carboxylic acid groups (broad SMARTS) is 1. The molecule has 1 fully saturated rings. The number of carboxylic acids is 1. The van der Waals surface area contributed by atoms with Crippen LogP contribution in [0.1, 0.15) is 51.6 Å². The molecule has 14 heteroatoms. The molecule has 0 aromatic carbocycles. The van der Waals surface area contributed by atoms with Crippen LogP contribution in [0.3, 0.4) is 0 Å². The lowest BCUT2D eigenvalue weighted by Crippen LogP contribution is -2.57. The number of guanidine groups is 1. The van der Waals surface area contributed by atoms with Gasteiger partial charge in [-0.3, -0.25) is 19.4 Å². The van der Waals surface area contributed by atoms with Crippen LogP contribution in [0.5, 0.6) is 0 Å². The molecule has 2 heterocycles. The first-order chi connectivity index (χ1) is 17.5. The van der Waals surface area contributed by atoms with Crippen LogP contribution < -0.4 is 27.8 Å². The molecule has 0 spiro atoms. The number of nitrogens with two attached hydrogens (primary N) is 3. The largest absolute Gasteiger partial charge is 0.480 e. The van der Waals surface area contributed by atoms with Crippen LogP contribution in [0.4, 0.5) is 0 Å². The third kappa shape index (κ3) is 8.74. The molecular formula is C23H39N9O5. The van der Waals surface area contributed by atoms with Gasteiger partial charge < -0.3 is 42.8 Å². The van der Waals surface area contributed by atoms with Crippen molar-refractivity contribution < 1.29 is 24.3 Å². The maximum absolute atomic E-state index is 13.5. The minimum atomic E-state index is -1.21. The Bertz CT molecular complexity index is 948. The molecule has 0 radical (unpaired) electrons. The second-order valence-corrected chi connectivity index (χ2v) is 9.29. The second-order valence-electron chi connectivity index (χ2n) is 9.29. The van der Waals surface area contributed by atoms with E-state index < -0.39 is 47.9 Å². The van der Waals surface area contributed by atoms with E-state index in [0.717, 1.165) is 0 Å². The van der Waals surface area contributed by atoms with Crippen molar-refractivity contribution in [2.45, 2.75) is 76.5 Å². The molecule has 206 valence electrons. The van der Waals surface area contributed by atoms with Gasteiger partial charge in [-0.25, -0.2) is 9.78 Å². The zero-order valence-electron chi connectivity index (χ0n) is 21.4. The summed E-state index contributed by atoms with van der Waals surface area (Å²) in [5.74, 6) is -2.84. The minimum Gasteiger partial charge on any atom is -0.480 e. The fourth-order valence-corrected chi connectivity index (χ4v) is 4.13. The number of imidazole rings is 1. The summed E-state index contributed by atoms with van der Waals surface area (Å²) in [4.78, 5) is 63.1. The number of aromatic nitrogens is 2. The number of carbonyl (C=O) groups is 4. The molecule has 10 N–H and O–H groups in total. The van der Waals surface area contributed by atoms with Gasteiger partial charge in [-0.15, -0.1) is 0 Å². The number of likely N-dealkylation sites (tertiary alicyclic amines) is 1. The lowest BCUT2D eigenvalue weighted by atomic mass is 9.98. The highest BCUT2D eigenvalue weighted by Crippen LogP contribution is 2.20. The maximum atomic E-state index is 13.5. The number of H-pyrrole nitrogens is 1. The molecule has 0 saturated carbocycles. The number of aliphatic imine (C=N–C) groups is 1. The number of aromatic amines is 1. The van der Waals surface area contributed by atoms with E-state index in [1.807, 2.05) is 13.8 Å². The van der Waals surface area contributed by atoms with Crippen LogP contribution in [0.25, 0.3) is 0 Å². The highest BCUT2D eigenvalue weighted by atomic mass is 16.4. The first-order valence-corrected chi connectivity index (χ1v) is 12.5. The lowest BCUT2D eigenvalue weighted by molar-refractivity contribution is -0.145.